The maximum absolute atomic E-state index is 12.8. The van der Waals surface area contributed by atoms with Crippen LogP contribution in [0.5, 0.6) is 5.75 Å². The first-order valence-electron chi connectivity index (χ1n) is 11.9. The second-order valence-corrected chi connectivity index (χ2v) is 8.25. The number of rotatable bonds is 12. The third-order valence-electron chi connectivity index (χ3n) is 5.43. The summed E-state index contributed by atoms with van der Waals surface area (Å²) < 4.78 is 11.3. The van der Waals surface area contributed by atoms with Gasteiger partial charge in [0.25, 0.3) is 5.91 Å². The molecular formula is C26H35N3O4. The number of hydrogen-bond acceptors (Lipinski definition) is 5. The molecule has 1 saturated heterocycles. The Bertz CT molecular complexity index is 889. The lowest BCUT2D eigenvalue weighted by atomic mass is 10.1. The zero-order valence-corrected chi connectivity index (χ0v) is 19.6. The fourth-order valence-corrected chi connectivity index (χ4v) is 3.79. The molecule has 1 heterocycles. The van der Waals surface area contributed by atoms with E-state index in [1.807, 2.05) is 29.2 Å². The number of nitrogens with one attached hydrogen (secondary N) is 2. The van der Waals surface area contributed by atoms with Crippen LogP contribution in [0.4, 0.5) is 11.4 Å². The molecular weight excluding hydrogens is 418 g/mol. The Kier molecular flexibility index (Phi) is 9.57. The number of hydrogen-bond donors (Lipinski definition) is 2. The van der Waals surface area contributed by atoms with E-state index in [9.17, 15) is 9.59 Å². The fourth-order valence-electron chi connectivity index (χ4n) is 3.79. The average molecular weight is 454 g/mol. The molecule has 2 amide bonds. The lowest BCUT2D eigenvalue weighted by Crippen LogP contribution is -2.32. The van der Waals surface area contributed by atoms with Gasteiger partial charge in [-0.3, -0.25) is 9.59 Å². The second-order valence-electron chi connectivity index (χ2n) is 8.25. The van der Waals surface area contributed by atoms with Crippen LogP contribution >= 0.6 is 0 Å². The van der Waals surface area contributed by atoms with Gasteiger partial charge in [-0.2, -0.15) is 0 Å². The lowest BCUT2D eigenvalue weighted by molar-refractivity contribution is -0.114. The minimum atomic E-state index is -0.183. The minimum absolute atomic E-state index is 0.00488. The third kappa shape index (κ3) is 7.79. The van der Waals surface area contributed by atoms with Gasteiger partial charge in [-0.15, -0.1) is 0 Å². The van der Waals surface area contributed by atoms with Crippen molar-refractivity contribution < 1.29 is 19.1 Å². The van der Waals surface area contributed by atoms with Crippen LogP contribution in [-0.2, 0) is 9.53 Å². The van der Waals surface area contributed by atoms with Crippen LogP contribution < -0.4 is 15.4 Å². The first kappa shape index (κ1) is 24.6. The SMILES string of the molecule is CCCN(CCC)C(=O)c1cccc(NC(=O)CNc2ccc(OCC3CCCO3)cc2)c1. The van der Waals surface area contributed by atoms with E-state index in [0.717, 1.165) is 56.8 Å². The molecule has 0 radical (unpaired) electrons. The Morgan fingerprint density at radius 1 is 1.06 bits per heavy atom. The highest BCUT2D eigenvalue weighted by Crippen LogP contribution is 2.19. The molecule has 0 saturated carbocycles. The molecule has 33 heavy (non-hydrogen) atoms. The molecule has 1 aliphatic rings. The number of benzene rings is 2. The van der Waals surface area contributed by atoms with Crippen LogP contribution in [0.2, 0.25) is 0 Å². The highest BCUT2D eigenvalue weighted by molar-refractivity contribution is 5.98. The Morgan fingerprint density at radius 3 is 2.48 bits per heavy atom. The van der Waals surface area contributed by atoms with Crippen molar-refractivity contribution in [3.8, 4) is 5.75 Å². The molecule has 178 valence electrons. The zero-order valence-electron chi connectivity index (χ0n) is 19.6. The molecule has 3 rings (SSSR count). The summed E-state index contributed by atoms with van der Waals surface area (Å²) in [5.74, 6) is 0.592. The van der Waals surface area contributed by atoms with Gasteiger partial charge >= 0.3 is 0 Å². The molecule has 1 aliphatic heterocycles. The van der Waals surface area contributed by atoms with E-state index in [4.69, 9.17) is 9.47 Å². The topological polar surface area (TPSA) is 79.9 Å². The largest absolute Gasteiger partial charge is 0.491 e. The summed E-state index contributed by atoms with van der Waals surface area (Å²) >= 11 is 0. The zero-order chi connectivity index (χ0) is 23.5. The molecule has 2 aromatic rings. The van der Waals surface area contributed by atoms with Gasteiger partial charge in [0, 0.05) is 36.6 Å². The predicted octanol–water partition coefficient (Wildman–Crippen LogP) is 4.56. The third-order valence-corrected chi connectivity index (χ3v) is 5.43. The molecule has 0 aliphatic carbocycles. The monoisotopic (exact) mass is 453 g/mol. The molecule has 7 heteroatoms. The van der Waals surface area contributed by atoms with E-state index in [1.54, 1.807) is 24.3 Å². The number of amides is 2. The highest BCUT2D eigenvalue weighted by atomic mass is 16.5. The quantitative estimate of drug-likeness (QED) is 0.493. The van der Waals surface area contributed by atoms with Crippen molar-refractivity contribution >= 4 is 23.2 Å². The Labute approximate surface area is 196 Å². The lowest BCUT2D eigenvalue weighted by Gasteiger charge is -2.21. The van der Waals surface area contributed by atoms with Crippen LogP contribution in [0, 0.1) is 0 Å². The van der Waals surface area contributed by atoms with Gasteiger partial charge in [0.2, 0.25) is 5.91 Å². The van der Waals surface area contributed by atoms with Crippen molar-refractivity contribution in [3.05, 3.63) is 54.1 Å². The maximum Gasteiger partial charge on any atom is 0.253 e. The van der Waals surface area contributed by atoms with E-state index in [1.165, 1.54) is 0 Å². The van der Waals surface area contributed by atoms with Crippen LogP contribution in [0.3, 0.4) is 0 Å². The van der Waals surface area contributed by atoms with E-state index in [2.05, 4.69) is 24.5 Å². The molecule has 0 spiro atoms. The highest BCUT2D eigenvalue weighted by Gasteiger charge is 2.16. The van der Waals surface area contributed by atoms with Gasteiger partial charge in [-0.05, 0) is 68.1 Å². The van der Waals surface area contributed by atoms with Crippen molar-refractivity contribution in [1.29, 1.82) is 0 Å². The van der Waals surface area contributed by atoms with Crippen LogP contribution in [-0.4, -0.2) is 55.7 Å². The summed E-state index contributed by atoms with van der Waals surface area (Å²) in [5.41, 5.74) is 2.02. The molecule has 1 fully saturated rings. The molecule has 1 unspecified atom stereocenters. The smallest absolute Gasteiger partial charge is 0.253 e. The summed E-state index contributed by atoms with van der Waals surface area (Å²) in [7, 11) is 0. The van der Waals surface area contributed by atoms with Crippen molar-refractivity contribution in [2.45, 2.75) is 45.6 Å². The van der Waals surface area contributed by atoms with E-state index >= 15 is 0 Å². The summed E-state index contributed by atoms with van der Waals surface area (Å²) in [4.78, 5) is 27.1. The Morgan fingerprint density at radius 2 is 1.82 bits per heavy atom. The standard InChI is InChI=1S/C26H35N3O4/c1-3-14-29(15-4-2)26(31)20-7-5-8-22(17-20)28-25(30)18-27-21-10-12-23(13-11-21)33-19-24-9-6-16-32-24/h5,7-8,10-13,17,24,27H,3-4,6,9,14-16,18-19H2,1-2H3,(H,28,30). The first-order chi connectivity index (χ1) is 16.1. The van der Waals surface area contributed by atoms with Crippen molar-refractivity contribution in [3.63, 3.8) is 0 Å². The number of carbonyl (C=O) groups excluding carboxylic acids is 2. The van der Waals surface area contributed by atoms with Crippen molar-refractivity contribution in [1.82, 2.24) is 4.90 Å². The van der Waals surface area contributed by atoms with Crippen LogP contribution in [0.15, 0.2) is 48.5 Å². The van der Waals surface area contributed by atoms with E-state index in [0.29, 0.717) is 17.9 Å². The number of anilines is 2. The normalized spacial score (nSPS) is 15.2. The summed E-state index contributed by atoms with van der Waals surface area (Å²) in [5, 5.41) is 5.97. The first-order valence-corrected chi connectivity index (χ1v) is 11.9. The number of nitrogens with zero attached hydrogens (tertiary/aromatic N) is 1. The summed E-state index contributed by atoms with van der Waals surface area (Å²) in [6, 6.07) is 14.6. The molecule has 2 N–H and O–H groups in total. The van der Waals surface area contributed by atoms with Crippen molar-refractivity contribution in [2.75, 3.05) is 43.5 Å². The van der Waals surface area contributed by atoms with Crippen LogP contribution in [0.25, 0.3) is 0 Å². The van der Waals surface area contributed by atoms with Gasteiger partial charge in [-0.25, -0.2) is 0 Å². The molecule has 7 nitrogen and oxygen atoms in total. The van der Waals surface area contributed by atoms with E-state index in [-0.39, 0.29) is 24.5 Å². The fraction of sp³-hybridized carbons (Fsp3) is 0.462. The summed E-state index contributed by atoms with van der Waals surface area (Å²) in [6.07, 6.45) is 4.14. The van der Waals surface area contributed by atoms with Gasteiger partial charge in [0.15, 0.2) is 0 Å². The van der Waals surface area contributed by atoms with Crippen molar-refractivity contribution in [2.24, 2.45) is 0 Å². The maximum atomic E-state index is 12.8. The van der Waals surface area contributed by atoms with Gasteiger partial charge < -0.3 is 25.0 Å². The molecule has 0 bridgehead atoms. The predicted molar refractivity (Wildman–Crippen MR) is 131 cm³/mol. The van der Waals surface area contributed by atoms with Gasteiger partial charge in [0.1, 0.15) is 12.4 Å². The minimum Gasteiger partial charge on any atom is -0.491 e. The van der Waals surface area contributed by atoms with E-state index < -0.39 is 0 Å². The molecule has 0 aromatic heterocycles. The molecule has 2 aromatic carbocycles. The number of carbonyl (C=O) groups is 2. The second kappa shape index (κ2) is 12.8. The summed E-state index contributed by atoms with van der Waals surface area (Å²) in [6.45, 7) is 7.07. The average Bonchev–Trinajstić information content (AvgIpc) is 3.35. The Hall–Kier alpha value is -3.06. The van der Waals surface area contributed by atoms with Gasteiger partial charge in [0.05, 0.1) is 12.6 Å². The van der Waals surface area contributed by atoms with Gasteiger partial charge in [-0.1, -0.05) is 19.9 Å². The molecule has 1 atom stereocenters. The van der Waals surface area contributed by atoms with Crippen LogP contribution in [0.1, 0.15) is 49.9 Å². The number of ether oxygens (including phenoxy) is 2. The Balaban J connectivity index is 1.47.